The number of carbonyl (C=O) groups is 3. The summed E-state index contributed by atoms with van der Waals surface area (Å²) in [6, 6.07) is 6.80. The minimum Gasteiger partial charge on any atom is -0.449 e. The van der Waals surface area contributed by atoms with Gasteiger partial charge in [-0.2, -0.15) is 4.57 Å². The molecule has 0 radical (unpaired) electrons. The van der Waals surface area contributed by atoms with E-state index in [0.717, 1.165) is 0 Å². The van der Waals surface area contributed by atoms with Gasteiger partial charge in [0.15, 0.2) is 12.4 Å². The second-order valence-electron chi connectivity index (χ2n) is 4.47. The lowest BCUT2D eigenvalue weighted by Gasteiger charge is -2.06. The lowest BCUT2D eigenvalue weighted by molar-refractivity contribution is -0.683. The highest BCUT2D eigenvalue weighted by Gasteiger charge is 2.16. The fourth-order valence-corrected chi connectivity index (χ4v) is 2.44. The van der Waals surface area contributed by atoms with Crippen LogP contribution in [0.4, 0.5) is 4.79 Å². The summed E-state index contributed by atoms with van der Waals surface area (Å²) >= 11 is 1.37. The molecule has 2 amide bonds. The highest BCUT2D eigenvalue weighted by atomic mass is 32.1. The van der Waals surface area contributed by atoms with Gasteiger partial charge in [0, 0.05) is 6.07 Å². The van der Waals surface area contributed by atoms with Gasteiger partial charge in [-0.15, -0.1) is 11.3 Å². The number of Topliss-reactive ketones (excluding diaryl/α,β-unsaturated/α-hetero) is 1. The lowest BCUT2D eigenvalue weighted by atomic mass is 10.2. The monoisotopic (exact) mass is 334 g/mol. The van der Waals surface area contributed by atoms with Crippen molar-refractivity contribution in [2.24, 2.45) is 0 Å². The van der Waals surface area contributed by atoms with Crippen LogP contribution in [0.2, 0.25) is 0 Å². The van der Waals surface area contributed by atoms with E-state index in [0.29, 0.717) is 10.4 Å². The van der Waals surface area contributed by atoms with Crippen molar-refractivity contribution >= 4 is 29.1 Å². The van der Waals surface area contributed by atoms with Crippen LogP contribution in [0.5, 0.6) is 0 Å². The van der Waals surface area contributed by atoms with Gasteiger partial charge in [-0.3, -0.25) is 15.0 Å². The smallest absolute Gasteiger partial charge is 0.426 e. The first-order valence-corrected chi connectivity index (χ1v) is 7.77. The Hall–Kier alpha value is -2.74. The third kappa shape index (κ3) is 4.89. The van der Waals surface area contributed by atoms with Crippen LogP contribution in [0.15, 0.2) is 42.0 Å². The molecule has 2 heterocycles. The van der Waals surface area contributed by atoms with Crippen LogP contribution < -0.4 is 15.4 Å². The Morgan fingerprint density at radius 2 is 2.04 bits per heavy atom. The zero-order chi connectivity index (χ0) is 16.7. The third-order valence-corrected chi connectivity index (χ3v) is 3.71. The maximum atomic E-state index is 12.1. The quantitative estimate of drug-likeness (QED) is 0.490. The predicted octanol–water partition coefficient (Wildman–Crippen LogP) is 1.31. The van der Waals surface area contributed by atoms with Crippen LogP contribution in [0.1, 0.15) is 27.0 Å². The molecule has 23 heavy (non-hydrogen) atoms. The fraction of sp³-hybridized carbons (Fsp3) is 0.200. The maximum Gasteiger partial charge on any atom is 0.426 e. The third-order valence-electron chi connectivity index (χ3n) is 2.80. The van der Waals surface area contributed by atoms with E-state index in [2.05, 4.69) is 15.6 Å². The van der Waals surface area contributed by atoms with Crippen LogP contribution in [-0.4, -0.2) is 24.4 Å². The summed E-state index contributed by atoms with van der Waals surface area (Å²) in [7, 11) is 0. The molecule has 7 nitrogen and oxygen atoms in total. The first-order chi connectivity index (χ1) is 11.1. The van der Waals surface area contributed by atoms with Crippen molar-refractivity contribution in [3.63, 3.8) is 0 Å². The van der Waals surface area contributed by atoms with Crippen LogP contribution in [-0.2, 0) is 11.3 Å². The fourth-order valence-electron chi connectivity index (χ4n) is 1.78. The molecule has 0 aromatic carbocycles. The van der Waals surface area contributed by atoms with E-state index in [1.54, 1.807) is 35.9 Å². The minimum atomic E-state index is -0.738. The Labute approximate surface area is 136 Å². The molecule has 120 valence electrons. The van der Waals surface area contributed by atoms with Gasteiger partial charge in [0.25, 0.3) is 5.91 Å². The average molecular weight is 334 g/mol. The number of thiophene rings is 1. The summed E-state index contributed by atoms with van der Waals surface area (Å²) in [4.78, 5) is 35.8. The molecular formula is C15H16N3O4S+. The Morgan fingerprint density at radius 3 is 2.74 bits per heavy atom. The van der Waals surface area contributed by atoms with Crippen molar-refractivity contribution in [1.82, 2.24) is 10.9 Å². The van der Waals surface area contributed by atoms with Gasteiger partial charge in [0.1, 0.15) is 5.56 Å². The number of ether oxygens (including phenoxy) is 1. The van der Waals surface area contributed by atoms with Gasteiger partial charge in [-0.1, -0.05) is 6.07 Å². The molecule has 0 aliphatic rings. The topological polar surface area (TPSA) is 88.4 Å². The summed E-state index contributed by atoms with van der Waals surface area (Å²) in [6.45, 7) is 2.00. The number of pyridine rings is 1. The Kier molecular flexibility index (Phi) is 5.81. The van der Waals surface area contributed by atoms with Crippen LogP contribution in [0, 0.1) is 0 Å². The Balaban J connectivity index is 1.97. The van der Waals surface area contributed by atoms with Crippen molar-refractivity contribution in [1.29, 1.82) is 0 Å². The standard InChI is InChI=1S/C15H15N3O4S/c1-2-22-15(21)17-16-14(20)11-5-3-7-18(9-11)10-12(19)13-6-4-8-23-13/h3-9H,2,10H2,1H3,(H-,16,17,20,21)/p+1. The zero-order valence-corrected chi connectivity index (χ0v) is 13.3. The molecule has 8 heteroatoms. The summed E-state index contributed by atoms with van der Waals surface area (Å²) in [5.41, 5.74) is 4.67. The number of carbonyl (C=O) groups excluding carboxylic acids is 3. The van der Waals surface area contributed by atoms with E-state index in [1.807, 2.05) is 11.4 Å². The van der Waals surface area contributed by atoms with Gasteiger partial charge in [0.05, 0.1) is 11.5 Å². The molecule has 0 spiro atoms. The van der Waals surface area contributed by atoms with Gasteiger partial charge in [-0.25, -0.2) is 10.2 Å². The highest BCUT2D eigenvalue weighted by molar-refractivity contribution is 7.12. The summed E-state index contributed by atoms with van der Waals surface area (Å²) < 4.78 is 6.24. The molecule has 0 aliphatic carbocycles. The molecule has 0 fully saturated rings. The molecular weight excluding hydrogens is 318 g/mol. The van der Waals surface area contributed by atoms with Gasteiger partial charge in [0.2, 0.25) is 12.3 Å². The molecule has 0 bridgehead atoms. The van der Waals surface area contributed by atoms with Crippen molar-refractivity contribution in [3.8, 4) is 0 Å². The van der Waals surface area contributed by atoms with E-state index >= 15 is 0 Å². The van der Waals surface area contributed by atoms with Crippen molar-refractivity contribution in [3.05, 3.63) is 52.5 Å². The Morgan fingerprint density at radius 1 is 1.22 bits per heavy atom. The van der Waals surface area contributed by atoms with Gasteiger partial charge in [-0.05, 0) is 24.4 Å². The van der Waals surface area contributed by atoms with Crippen molar-refractivity contribution in [2.45, 2.75) is 13.5 Å². The number of rotatable bonds is 5. The number of hydrogen-bond acceptors (Lipinski definition) is 5. The lowest BCUT2D eigenvalue weighted by Crippen LogP contribution is -2.43. The van der Waals surface area contributed by atoms with E-state index in [1.165, 1.54) is 17.5 Å². The predicted molar refractivity (Wildman–Crippen MR) is 82.9 cm³/mol. The van der Waals surface area contributed by atoms with Gasteiger partial charge >= 0.3 is 6.09 Å². The van der Waals surface area contributed by atoms with Crippen LogP contribution in [0.3, 0.4) is 0 Å². The van der Waals surface area contributed by atoms with E-state index in [4.69, 9.17) is 0 Å². The number of nitrogens with zero attached hydrogens (tertiary/aromatic N) is 1. The van der Waals surface area contributed by atoms with Gasteiger partial charge < -0.3 is 4.74 Å². The molecule has 0 atom stereocenters. The first kappa shape index (κ1) is 16.6. The van der Waals surface area contributed by atoms with Crippen LogP contribution in [0.25, 0.3) is 0 Å². The summed E-state index contributed by atoms with van der Waals surface area (Å²) in [6.07, 6.45) is 2.49. The minimum absolute atomic E-state index is 0.0350. The summed E-state index contributed by atoms with van der Waals surface area (Å²) in [5, 5.41) is 1.84. The molecule has 2 rings (SSSR count). The van der Waals surface area contributed by atoms with E-state index < -0.39 is 12.0 Å². The van der Waals surface area contributed by atoms with E-state index in [9.17, 15) is 14.4 Å². The largest absolute Gasteiger partial charge is 0.449 e. The average Bonchev–Trinajstić information content (AvgIpc) is 3.08. The van der Waals surface area contributed by atoms with Crippen molar-refractivity contribution < 1.29 is 23.7 Å². The second kappa shape index (κ2) is 8.04. The van der Waals surface area contributed by atoms with E-state index in [-0.39, 0.29) is 18.9 Å². The SMILES string of the molecule is CCOC(=O)NNC(=O)c1ccc[n+](CC(=O)c2cccs2)c1. The second-order valence-corrected chi connectivity index (χ2v) is 5.41. The first-order valence-electron chi connectivity index (χ1n) is 6.89. The number of nitrogens with one attached hydrogen (secondary N) is 2. The molecule has 0 saturated heterocycles. The number of aromatic nitrogens is 1. The van der Waals surface area contributed by atoms with Crippen molar-refractivity contribution in [2.75, 3.05) is 6.61 Å². The number of hydrogen-bond donors (Lipinski definition) is 2. The highest BCUT2D eigenvalue weighted by Crippen LogP contribution is 2.09. The molecule has 0 aliphatic heterocycles. The van der Waals surface area contributed by atoms with Crippen LogP contribution >= 0.6 is 11.3 Å². The molecule has 2 aromatic heterocycles. The zero-order valence-electron chi connectivity index (χ0n) is 12.4. The Bertz CT molecular complexity index is 701. The molecule has 0 saturated carbocycles. The maximum absolute atomic E-state index is 12.1. The number of hydrazine groups is 1. The normalized spacial score (nSPS) is 9.96. The molecule has 0 unspecified atom stereocenters. The summed E-state index contributed by atoms with van der Waals surface area (Å²) in [5.74, 6) is -0.539. The number of amides is 2. The number of ketones is 1. The molecule has 2 aromatic rings. The molecule has 2 N–H and O–H groups in total.